The molecule has 0 unspecified atom stereocenters. The molecule has 9 nitrogen and oxygen atoms in total. The molecule has 0 fully saturated rings. The number of nitrogens with one attached hydrogen (secondary N) is 2. The van der Waals surface area contributed by atoms with Gasteiger partial charge in [-0.25, -0.2) is 32.2 Å². The normalized spacial score (nSPS) is 11.7. The van der Waals surface area contributed by atoms with Gasteiger partial charge in [0.1, 0.15) is 17.8 Å². The summed E-state index contributed by atoms with van der Waals surface area (Å²) in [6.45, 7) is 0. The predicted octanol–water partition coefficient (Wildman–Crippen LogP) is 4.67. The molecule has 2 N–H and O–H groups in total. The van der Waals surface area contributed by atoms with Crippen LogP contribution in [0.25, 0.3) is 28.2 Å². The number of aromatic nitrogens is 5. The smallest absolute Gasteiger partial charge is 0.267 e. The predicted molar refractivity (Wildman–Crippen MR) is 125 cm³/mol. The summed E-state index contributed by atoms with van der Waals surface area (Å²) in [5.41, 5.74) is -1.24. The Morgan fingerprint density at radius 3 is 2.64 bits per heavy atom. The summed E-state index contributed by atoms with van der Waals surface area (Å²) in [4.78, 5) is 14.4. The second kappa shape index (κ2) is 8.84. The van der Waals surface area contributed by atoms with Crippen LogP contribution in [0.1, 0.15) is 0 Å². The van der Waals surface area contributed by atoms with Gasteiger partial charge in [-0.15, -0.1) is 0 Å². The van der Waals surface area contributed by atoms with Crippen LogP contribution in [-0.2, 0) is 10.0 Å². The third-order valence-corrected chi connectivity index (χ3v) is 6.81. The molecule has 36 heavy (non-hydrogen) atoms. The van der Waals surface area contributed by atoms with E-state index in [1.165, 1.54) is 31.6 Å². The van der Waals surface area contributed by atoms with Crippen molar-refractivity contribution in [1.29, 1.82) is 0 Å². The van der Waals surface area contributed by atoms with Crippen LogP contribution in [0.3, 0.4) is 0 Å². The van der Waals surface area contributed by atoms with E-state index >= 15 is 8.78 Å². The molecule has 0 spiro atoms. The summed E-state index contributed by atoms with van der Waals surface area (Å²) in [5, 5.41) is -0.0129. The highest BCUT2D eigenvalue weighted by atomic mass is 35.5. The van der Waals surface area contributed by atoms with E-state index in [9.17, 15) is 12.8 Å². The number of hydrogen-bond acceptors (Lipinski definition) is 6. The second-order valence-electron chi connectivity index (χ2n) is 7.37. The van der Waals surface area contributed by atoms with Crippen LogP contribution in [0.5, 0.6) is 5.88 Å². The molecular weight excluding hydrogens is 521 g/mol. The van der Waals surface area contributed by atoms with Crippen molar-refractivity contribution in [1.82, 2.24) is 24.3 Å². The summed E-state index contributed by atoms with van der Waals surface area (Å²) in [5.74, 6) is -3.38. The molecule has 0 atom stereocenters. The zero-order valence-corrected chi connectivity index (χ0v) is 19.7. The molecule has 0 aliphatic rings. The molecule has 184 valence electrons. The first-order valence-electron chi connectivity index (χ1n) is 10.1. The Morgan fingerprint density at radius 2 is 1.92 bits per heavy atom. The van der Waals surface area contributed by atoms with Gasteiger partial charge in [-0.3, -0.25) is 9.12 Å². The Morgan fingerprint density at radius 1 is 1.11 bits per heavy atom. The SMILES string of the molecule is COc1ncc(Cl)cc1S(=O)(=O)Nc1ccc(F)c(-c2ccc3c(-c4ncc[nH]4)ncn3c2F)c1F. The third kappa shape index (κ3) is 3.91. The van der Waals surface area contributed by atoms with Gasteiger partial charge < -0.3 is 9.72 Å². The zero-order valence-electron chi connectivity index (χ0n) is 18.1. The lowest BCUT2D eigenvalue weighted by Crippen LogP contribution is -2.16. The van der Waals surface area contributed by atoms with Crippen molar-refractivity contribution >= 4 is 32.8 Å². The van der Waals surface area contributed by atoms with Crippen molar-refractivity contribution in [3.63, 3.8) is 0 Å². The van der Waals surface area contributed by atoms with Crippen LogP contribution in [0, 0.1) is 17.6 Å². The van der Waals surface area contributed by atoms with Crippen molar-refractivity contribution < 1.29 is 26.3 Å². The van der Waals surface area contributed by atoms with Crippen LogP contribution in [0.4, 0.5) is 18.9 Å². The van der Waals surface area contributed by atoms with Gasteiger partial charge in [-0.05, 0) is 30.3 Å². The maximum Gasteiger partial charge on any atom is 0.267 e. The summed E-state index contributed by atoms with van der Waals surface area (Å²) < 4.78 is 79.5. The number of rotatable bonds is 6. The van der Waals surface area contributed by atoms with E-state index < -0.39 is 49.3 Å². The summed E-state index contributed by atoms with van der Waals surface area (Å²) in [7, 11) is -3.29. The van der Waals surface area contributed by atoms with Gasteiger partial charge in [0.05, 0.1) is 28.9 Å². The fourth-order valence-corrected chi connectivity index (χ4v) is 5.06. The quantitative estimate of drug-likeness (QED) is 0.306. The molecule has 14 heteroatoms. The van der Waals surface area contributed by atoms with Crippen LogP contribution >= 0.6 is 11.6 Å². The highest BCUT2D eigenvalue weighted by Gasteiger charge is 2.26. The number of fused-ring (bicyclic) bond motifs is 1. The maximum atomic E-state index is 15.5. The van der Waals surface area contributed by atoms with Crippen molar-refractivity contribution in [2.75, 3.05) is 11.8 Å². The number of imidazole rings is 2. The average molecular weight is 535 g/mol. The summed E-state index contributed by atoms with van der Waals surface area (Å²) in [6, 6.07) is 5.33. The van der Waals surface area contributed by atoms with E-state index in [0.29, 0.717) is 17.0 Å². The standard InChI is InChI=1S/C22H14ClF3N6O3S/c1-35-22-16(8-11(23)9-29-22)36(33,34)31-14-4-3-13(24)17(18(14)25)12-2-5-15-19(21-27-6-7-28-21)30-10-32(15)20(12)26/h2-10,31H,1H3,(H,27,28). The lowest BCUT2D eigenvalue weighted by atomic mass is 10.0. The largest absolute Gasteiger partial charge is 0.480 e. The first-order chi connectivity index (χ1) is 17.2. The lowest BCUT2D eigenvalue weighted by molar-refractivity contribution is 0.385. The van der Waals surface area contributed by atoms with Crippen molar-refractivity contribution in [2.45, 2.75) is 4.90 Å². The van der Waals surface area contributed by atoms with Gasteiger partial charge in [0.15, 0.2) is 16.5 Å². The van der Waals surface area contributed by atoms with Gasteiger partial charge in [0.2, 0.25) is 11.8 Å². The number of hydrogen-bond donors (Lipinski definition) is 2. The lowest BCUT2D eigenvalue weighted by Gasteiger charge is -2.14. The van der Waals surface area contributed by atoms with E-state index in [0.717, 1.165) is 28.9 Å². The average Bonchev–Trinajstić information content (AvgIpc) is 3.52. The number of aromatic amines is 1. The number of nitrogens with zero attached hydrogens (tertiary/aromatic N) is 4. The molecule has 5 rings (SSSR count). The minimum Gasteiger partial charge on any atom is -0.480 e. The number of methoxy groups -OCH3 is 1. The number of sulfonamides is 1. The van der Waals surface area contributed by atoms with Gasteiger partial charge in [0.25, 0.3) is 10.0 Å². The third-order valence-electron chi connectivity index (χ3n) is 5.24. The Kier molecular flexibility index (Phi) is 5.80. The minimum atomic E-state index is -4.48. The Balaban J connectivity index is 1.60. The highest BCUT2D eigenvalue weighted by molar-refractivity contribution is 7.92. The van der Waals surface area contributed by atoms with Crippen LogP contribution in [0.2, 0.25) is 5.02 Å². The van der Waals surface area contributed by atoms with E-state index in [-0.39, 0.29) is 10.9 Å². The first kappa shape index (κ1) is 23.6. The first-order valence-corrected chi connectivity index (χ1v) is 11.9. The van der Waals surface area contributed by atoms with E-state index in [2.05, 4.69) is 19.9 Å². The fraction of sp³-hybridized carbons (Fsp3) is 0.0455. The summed E-state index contributed by atoms with van der Waals surface area (Å²) in [6.07, 6.45) is 5.38. The monoisotopic (exact) mass is 534 g/mol. The summed E-state index contributed by atoms with van der Waals surface area (Å²) >= 11 is 5.85. The molecule has 0 bridgehead atoms. The second-order valence-corrected chi connectivity index (χ2v) is 9.46. The fourth-order valence-electron chi connectivity index (χ4n) is 3.63. The molecule has 0 amide bonds. The number of pyridine rings is 2. The van der Waals surface area contributed by atoms with E-state index in [1.54, 1.807) is 6.20 Å². The van der Waals surface area contributed by atoms with Crippen molar-refractivity contribution in [2.24, 2.45) is 0 Å². The van der Waals surface area contributed by atoms with E-state index in [1.807, 2.05) is 4.72 Å². The molecular formula is C22H14ClF3N6O3S. The number of halogens is 4. The van der Waals surface area contributed by atoms with Crippen LogP contribution in [0.15, 0.2) is 60.1 Å². The molecule has 1 aromatic carbocycles. The highest BCUT2D eigenvalue weighted by Crippen LogP contribution is 2.35. The Labute approximate surface area is 206 Å². The molecule has 0 aliphatic carbocycles. The number of H-pyrrole nitrogens is 1. The van der Waals surface area contributed by atoms with Gasteiger partial charge in [-0.1, -0.05) is 11.6 Å². The maximum absolute atomic E-state index is 15.5. The molecule has 4 aromatic heterocycles. The molecule has 0 aliphatic heterocycles. The van der Waals surface area contributed by atoms with Crippen molar-refractivity contribution in [3.05, 3.63) is 77.9 Å². The molecule has 0 radical (unpaired) electrons. The number of anilines is 1. The van der Waals surface area contributed by atoms with E-state index in [4.69, 9.17) is 16.3 Å². The van der Waals surface area contributed by atoms with Gasteiger partial charge in [0, 0.05) is 24.2 Å². The molecule has 0 saturated heterocycles. The number of benzene rings is 1. The molecule has 4 heterocycles. The Bertz CT molecular complexity index is 1730. The molecule has 0 saturated carbocycles. The van der Waals surface area contributed by atoms with Crippen LogP contribution in [-0.4, -0.2) is 39.9 Å². The van der Waals surface area contributed by atoms with Crippen molar-refractivity contribution in [3.8, 4) is 28.5 Å². The number of ether oxygens (including phenoxy) is 1. The zero-order chi connectivity index (χ0) is 25.6. The van der Waals surface area contributed by atoms with Gasteiger partial charge >= 0.3 is 0 Å². The topological polar surface area (TPSA) is 114 Å². The van der Waals surface area contributed by atoms with Crippen LogP contribution < -0.4 is 9.46 Å². The molecule has 5 aromatic rings. The Hall–Kier alpha value is -4.10. The minimum absolute atomic E-state index is 0.0129. The van der Waals surface area contributed by atoms with Gasteiger partial charge in [-0.2, -0.15) is 4.39 Å².